The summed E-state index contributed by atoms with van der Waals surface area (Å²) in [7, 11) is 0. The van der Waals surface area contributed by atoms with Gasteiger partial charge in [-0.05, 0) is 43.0 Å². The number of aliphatic hydroxyl groups excluding tert-OH is 1. The number of rotatable bonds is 11. The second-order valence-corrected chi connectivity index (χ2v) is 7.45. The lowest BCUT2D eigenvalue weighted by molar-refractivity contribution is 0.0755. The Morgan fingerprint density at radius 1 is 1.00 bits per heavy atom. The summed E-state index contributed by atoms with van der Waals surface area (Å²) in [5.41, 5.74) is 7.51. The van der Waals surface area contributed by atoms with Gasteiger partial charge in [-0.2, -0.15) is 0 Å². The summed E-state index contributed by atoms with van der Waals surface area (Å²) in [6, 6.07) is 15.8. The van der Waals surface area contributed by atoms with E-state index in [0.717, 1.165) is 18.4 Å². The zero-order chi connectivity index (χ0) is 21.9. The van der Waals surface area contributed by atoms with E-state index in [-0.39, 0.29) is 18.4 Å². The lowest BCUT2D eigenvalue weighted by atomic mass is 10.0. The second-order valence-electron chi connectivity index (χ2n) is 7.45. The van der Waals surface area contributed by atoms with Gasteiger partial charge in [0.15, 0.2) is 0 Å². The van der Waals surface area contributed by atoms with Gasteiger partial charge >= 0.3 is 0 Å². The third kappa shape index (κ3) is 6.68. The molecule has 0 aliphatic carbocycles. The van der Waals surface area contributed by atoms with Crippen LogP contribution in [-0.4, -0.2) is 53.6 Å². The first-order valence-electron chi connectivity index (χ1n) is 10.6. The molecule has 0 aliphatic rings. The smallest absolute Gasteiger partial charge is 0.253 e. The van der Waals surface area contributed by atoms with Crippen molar-refractivity contribution < 1.29 is 14.7 Å². The molecule has 0 saturated heterocycles. The second kappa shape index (κ2) is 12.1. The van der Waals surface area contributed by atoms with Crippen molar-refractivity contribution in [3.8, 4) is 0 Å². The molecule has 0 heterocycles. The van der Waals surface area contributed by atoms with Gasteiger partial charge in [0.05, 0.1) is 12.1 Å². The minimum Gasteiger partial charge on any atom is -0.390 e. The van der Waals surface area contributed by atoms with Crippen LogP contribution in [0.3, 0.4) is 0 Å². The summed E-state index contributed by atoms with van der Waals surface area (Å²) in [6.45, 7) is 5.49. The molecule has 0 bridgehead atoms. The van der Waals surface area contributed by atoms with Gasteiger partial charge in [0, 0.05) is 30.8 Å². The highest BCUT2D eigenvalue weighted by atomic mass is 16.3. The Kier molecular flexibility index (Phi) is 9.51. The van der Waals surface area contributed by atoms with Crippen LogP contribution in [0.5, 0.6) is 0 Å². The van der Waals surface area contributed by atoms with Gasteiger partial charge in [-0.25, -0.2) is 0 Å². The molecule has 162 valence electrons. The molecule has 0 fully saturated rings. The highest BCUT2D eigenvalue weighted by Gasteiger charge is 2.22. The minimum atomic E-state index is -0.872. The van der Waals surface area contributed by atoms with Crippen LogP contribution in [0.1, 0.15) is 53.0 Å². The summed E-state index contributed by atoms with van der Waals surface area (Å²) in [4.78, 5) is 27.5. The lowest BCUT2D eigenvalue weighted by Crippen LogP contribution is -2.47. The van der Waals surface area contributed by atoms with Crippen LogP contribution in [0, 0.1) is 0 Å². The van der Waals surface area contributed by atoms with Crippen LogP contribution in [0.15, 0.2) is 54.6 Å². The summed E-state index contributed by atoms with van der Waals surface area (Å²) in [5.74, 6) is -0.410. The first kappa shape index (κ1) is 23.6. The van der Waals surface area contributed by atoms with E-state index < -0.39 is 12.1 Å². The van der Waals surface area contributed by atoms with Crippen LogP contribution in [0.2, 0.25) is 0 Å². The fourth-order valence-corrected chi connectivity index (χ4v) is 3.40. The third-order valence-electron chi connectivity index (χ3n) is 4.97. The molecule has 2 aromatic carbocycles. The molecule has 0 radical (unpaired) electrons. The quantitative estimate of drug-likeness (QED) is 0.530. The number of carbonyl (C=O) groups is 2. The molecule has 4 N–H and O–H groups in total. The standard InChI is InChI=1S/C24H33N3O3/c1-3-13-27(14-4-2)24(30)20-12-8-11-19(16-20)23(29)26-21(22(28)17-25)15-18-9-6-5-7-10-18/h5-12,16,21-22,28H,3-4,13-15,17,25H2,1-2H3,(H,26,29)/t21-,22+/m0/s1. The predicted molar refractivity (Wildman–Crippen MR) is 119 cm³/mol. The van der Waals surface area contributed by atoms with E-state index in [1.807, 2.05) is 49.1 Å². The minimum absolute atomic E-state index is 0.0410. The summed E-state index contributed by atoms with van der Waals surface area (Å²) in [6.07, 6.45) is 1.35. The van der Waals surface area contributed by atoms with Gasteiger partial charge in [-0.15, -0.1) is 0 Å². The predicted octanol–water partition coefficient (Wildman–Crippen LogP) is 2.61. The van der Waals surface area contributed by atoms with Crippen molar-refractivity contribution in [2.75, 3.05) is 19.6 Å². The Balaban J connectivity index is 2.16. The van der Waals surface area contributed by atoms with E-state index in [9.17, 15) is 14.7 Å². The Labute approximate surface area is 179 Å². The summed E-state index contributed by atoms with van der Waals surface area (Å²) >= 11 is 0. The zero-order valence-electron chi connectivity index (χ0n) is 17.9. The van der Waals surface area contributed by atoms with Gasteiger partial charge in [0.25, 0.3) is 11.8 Å². The zero-order valence-corrected chi connectivity index (χ0v) is 17.9. The SMILES string of the molecule is CCCN(CCC)C(=O)c1cccc(C(=O)N[C@@H](Cc2ccccc2)[C@H](O)CN)c1. The number of hydrogen-bond donors (Lipinski definition) is 3. The van der Waals surface area contributed by atoms with Gasteiger partial charge < -0.3 is 21.1 Å². The highest BCUT2D eigenvalue weighted by Crippen LogP contribution is 2.12. The molecule has 0 spiro atoms. The normalized spacial score (nSPS) is 12.8. The van der Waals surface area contributed by atoms with Crippen molar-refractivity contribution in [1.82, 2.24) is 10.2 Å². The van der Waals surface area contributed by atoms with Crippen molar-refractivity contribution in [3.63, 3.8) is 0 Å². The number of aliphatic hydroxyl groups is 1. The highest BCUT2D eigenvalue weighted by molar-refractivity contribution is 5.99. The summed E-state index contributed by atoms with van der Waals surface area (Å²) in [5, 5.41) is 13.2. The fourth-order valence-electron chi connectivity index (χ4n) is 3.40. The number of carbonyl (C=O) groups excluding carboxylic acids is 2. The number of hydrogen-bond acceptors (Lipinski definition) is 4. The average molecular weight is 412 g/mol. The molecule has 0 unspecified atom stereocenters. The van der Waals surface area contributed by atoms with Crippen molar-refractivity contribution in [1.29, 1.82) is 0 Å². The van der Waals surface area contributed by atoms with Gasteiger partial charge in [0.1, 0.15) is 0 Å². The van der Waals surface area contributed by atoms with E-state index >= 15 is 0 Å². The Morgan fingerprint density at radius 3 is 2.23 bits per heavy atom. The first-order chi connectivity index (χ1) is 14.5. The molecule has 0 aliphatic heterocycles. The monoisotopic (exact) mass is 411 g/mol. The van der Waals surface area contributed by atoms with Gasteiger partial charge in [-0.3, -0.25) is 9.59 Å². The topological polar surface area (TPSA) is 95.7 Å². The maximum absolute atomic E-state index is 12.9. The van der Waals surface area contributed by atoms with E-state index in [2.05, 4.69) is 5.32 Å². The number of nitrogens with two attached hydrogens (primary N) is 1. The molecule has 0 saturated carbocycles. The molecule has 2 rings (SSSR count). The van der Waals surface area contributed by atoms with Crippen LogP contribution in [0.4, 0.5) is 0 Å². The van der Waals surface area contributed by atoms with Gasteiger partial charge in [0.2, 0.25) is 0 Å². The van der Waals surface area contributed by atoms with Crippen molar-refractivity contribution in [3.05, 3.63) is 71.3 Å². The molecule has 6 nitrogen and oxygen atoms in total. The van der Waals surface area contributed by atoms with E-state index in [0.29, 0.717) is 30.6 Å². The first-order valence-corrected chi connectivity index (χ1v) is 10.6. The Morgan fingerprint density at radius 2 is 1.63 bits per heavy atom. The molecule has 2 aromatic rings. The molecule has 30 heavy (non-hydrogen) atoms. The van der Waals surface area contributed by atoms with Gasteiger partial charge in [-0.1, -0.05) is 50.2 Å². The Hall–Kier alpha value is -2.70. The number of amides is 2. The van der Waals surface area contributed by atoms with Crippen molar-refractivity contribution >= 4 is 11.8 Å². The largest absolute Gasteiger partial charge is 0.390 e. The average Bonchev–Trinajstić information content (AvgIpc) is 2.78. The van der Waals surface area contributed by atoms with Crippen LogP contribution >= 0.6 is 0 Å². The van der Waals surface area contributed by atoms with Crippen LogP contribution in [0.25, 0.3) is 0 Å². The van der Waals surface area contributed by atoms with E-state index in [1.54, 1.807) is 24.3 Å². The number of nitrogens with one attached hydrogen (secondary N) is 1. The molecule has 0 aromatic heterocycles. The fraction of sp³-hybridized carbons (Fsp3) is 0.417. The van der Waals surface area contributed by atoms with E-state index in [4.69, 9.17) is 5.73 Å². The molecule has 6 heteroatoms. The molecular formula is C24H33N3O3. The molecular weight excluding hydrogens is 378 g/mol. The van der Waals surface area contributed by atoms with Crippen LogP contribution < -0.4 is 11.1 Å². The maximum atomic E-state index is 12.9. The third-order valence-corrected chi connectivity index (χ3v) is 4.97. The van der Waals surface area contributed by atoms with Crippen molar-refractivity contribution in [2.45, 2.75) is 45.3 Å². The molecule has 2 atom stereocenters. The molecule has 2 amide bonds. The number of benzene rings is 2. The van der Waals surface area contributed by atoms with E-state index in [1.165, 1.54) is 0 Å². The lowest BCUT2D eigenvalue weighted by Gasteiger charge is -2.24. The van der Waals surface area contributed by atoms with Crippen molar-refractivity contribution in [2.24, 2.45) is 5.73 Å². The maximum Gasteiger partial charge on any atom is 0.253 e. The van der Waals surface area contributed by atoms with Crippen LogP contribution in [-0.2, 0) is 6.42 Å². The summed E-state index contributed by atoms with van der Waals surface area (Å²) < 4.78 is 0. The Bertz CT molecular complexity index is 804. The number of nitrogens with zero attached hydrogens (tertiary/aromatic N) is 1.